The van der Waals surface area contributed by atoms with Crippen LogP contribution in [0.2, 0.25) is 5.02 Å². The molecule has 4 heteroatoms. The number of halogens is 2. The Balaban J connectivity index is 2.12. The van der Waals surface area contributed by atoms with E-state index in [1.807, 2.05) is 12.1 Å². The van der Waals surface area contributed by atoms with Gasteiger partial charge in [0.05, 0.1) is 0 Å². The lowest BCUT2D eigenvalue weighted by Gasteiger charge is -2.09. The van der Waals surface area contributed by atoms with E-state index in [2.05, 4.69) is 27.0 Å². The minimum Gasteiger partial charge on any atom is -0.261 e. The maximum Gasteiger partial charge on any atom is 0.115 e. The molecule has 1 aromatic heterocycles. The van der Waals surface area contributed by atoms with Crippen molar-refractivity contribution in [3.8, 4) is 0 Å². The van der Waals surface area contributed by atoms with Gasteiger partial charge in [0.15, 0.2) is 0 Å². The first-order chi connectivity index (χ1) is 8.63. The van der Waals surface area contributed by atoms with Crippen LogP contribution in [0.1, 0.15) is 22.4 Å². The number of aromatic nitrogens is 1. The van der Waals surface area contributed by atoms with E-state index in [-0.39, 0.29) is 0 Å². The normalized spacial score (nSPS) is 13.7. The first-order valence-corrected chi connectivity index (χ1v) is 7.00. The summed E-state index contributed by atoms with van der Waals surface area (Å²) in [7, 11) is 5.80. The van der Waals surface area contributed by atoms with Gasteiger partial charge in [0, 0.05) is 27.8 Å². The average molecular weight is 318 g/mol. The van der Waals surface area contributed by atoms with Crippen LogP contribution >= 0.6 is 27.5 Å². The Kier molecular flexibility index (Phi) is 3.20. The topological polar surface area (TPSA) is 12.9 Å². The molecule has 0 N–H and O–H groups in total. The van der Waals surface area contributed by atoms with Gasteiger partial charge in [-0.05, 0) is 41.7 Å². The lowest BCUT2D eigenvalue weighted by Crippen LogP contribution is -2.08. The number of hydrogen-bond acceptors (Lipinski definition) is 1. The third-order valence-corrected chi connectivity index (χ3v) is 4.27. The van der Waals surface area contributed by atoms with Gasteiger partial charge in [-0.2, -0.15) is 0 Å². The highest BCUT2D eigenvalue weighted by atomic mass is 79.9. The van der Waals surface area contributed by atoms with E-state index in [4.69, 9.17) is 19.4 Å². The summed E-state index contributed by atoms with van der Waals surface area (Å²) < 4.78 is 1.07. The van der Waals surface area contributed by atoms with Crippen molar-refractivity contribution < 1.29 is 0 Å². The third-order valence-electron chi connectivity index (χ3n) is 3.34. The molecule has 0 bridgehead atoms. The van der Waals surface area contributed by atoms with Crippen LogP contribution < -0.4 is 5.46 Å². The Morgan fingerprint density at radius 3 is 2.78 bits per heavy atom. The Labute approximate surface area is 121 Å². The monoisotopic (exact) mass is 317 g/mol. The summed E-state index contributed by atoms with van der Waals surface area (Å²) in [5.74, 6) is 0. The average Bonchev–Trinajstić information content (AvgIpc) is 2.49. The highest BCUT2D eigenvalue weighted by Crippen LogP contribution is 2.31. The van der Waals surface area contributed by atoms with E-state index in [0.717, 1.165) is 39.9 Å². The second kappa shape index (κ2) is 4.71. The fourth-order valence-corrected chi connectivity index (χ4v) is 3.46. The van der Waals surface area contributed by atoms with Gasteiger partial charge >= 0.3 is 0 Å². The molecule has 1 heterocycles. The smallest absolute Gasteiger partial charge is 0.115 e. The minimum atomic E-state index is 0.733. The molecule has 2 aromatic rings. The fourth-order valence-electron chi connectivity index (χ4n) is 2.45. The number of fused-ring (bicyclic) bond motifs is 2. The summed E-state index contributed by atoms with van der Waals surface area (Å²) in [6.45, 7) is 0. The van der Waals surface area contributed by atoms with Gasteiger partial charge in [-0.1, -0.05) is 39.1 Å². The van der Waals surface area contributed by atoms with Gasteiger partial charge in [0.1, 0.15) is 7.85 Å². The lowest BCUT2D eigenvalue weighted by molar-refractivity contribution is 0.954. The molecule has 1 nitrogen and oxygen atoms in total. The molecule has 0 atom stereocenters. The molecule has 2 radical (unpaired) electrons. The molecule has 0 saturated heterocycles. The van der Waals surface area contributed by atoms with Crippen molar-refractivity contribution in [1.82, 2.24) is 4.98 Å². The second-order valence-corrected chi connectivity index (χ2v) is 5.87. The minimum absolute atomic E-state index is 0.733. The molecule has 3 rings (SSSR count). The number of pyridine rings is 1. The van der Waals surface area contributed by atoms with Gasteiger partial charge in [0.25, 0.3) is 0 Å². The quantitative estimate of drug-likeness (QED) is 0.681. The van der Waals surface area contributed by atoms with Gasteiger partial charge < -0.3 is 0 Å². The van der Waals surface area contributed by atoms with Gasteiger partial charge in [-0.25, -0.2) is 0 Å². The summed E-state index contributed by atoms with van der Waals surface area (Å²) in [6.07, 6.45) is 4.51. The Morgan fingerprint density at radius 2 is 1.94 bits per heavy atom. The van der Waals surface area contributed by atoms with Gasteiger partial charge in [-0.15, -0.1) is 0 Å². The predicted octanol–water partition coefficient (Wildman–Crippen LogP) is 2.98. The molecule has 18 heavy (non-hydrogen) atoms. The van der Waals surface area contributed by atoms with E-state index in [0.29, 0.717) is 0 Å². The van der Waals surface area contributed by atoms with Crippen LogP contribution in [0.3, 0.4) is 0 Å². The lowest BCUT2D eigenvalue weighted by atomic mass is 9.94. The van der Waals surface area contributed by atoms with Crippen molar-refractivity contribution in [2.24, 2.45) is 0 Å². The Morgan fingerprint density at radius 1 is 1.17 bits per heavy atom. The maximum absolute atomic E-state index is 6.11. The van der Waals surface area contributed by atoms with E-state index < -0.39 is 0 Å². The van der Waals surface area contributed by atoms with E-state index in [1.54, 1.807) is 6.20 Å². The van der Waals surface area contributed by atoms with Crippen molar-refractivity contribution in [2.75, 3.05) is 0 Å². The molecule has 0 fully saturated rings. The SMILES string of the molecule is [B]c1cnc2c(c1)CCc1cc(Cl)cc(Br)c1C2. The summed E-state index contributed by atoms with van der Waals surface area (Å²) in [4.78, 5) is 4.46. The van der Waals surface area contributed by atoms with Gasteiger partial charge in [-0.3, -0.25) is 4.98 Å². The van der Waals surface area contributed by atoms with Gasteiger partial charge in [0.2, 0.25) is 0 Å². The number of benzene rings is 1. The molecule has 0 unspecified atom stereocenters. The first-order valence-electron chi connectivity index (χ1n) is 5.83. The van der Waals surface area contributed by atoms with Crippen molar-refractivity contribution in [1.29, 1.82) is 0 Å². The molecule has 1 aliphatic carbocycles. The van der Waals surface area contributed by atoms with E-state index in [1.165, 1.54) is 16.7 Å². The third kappa shape index (κ3) is 2.22. The Hall–Kier alpha value is -0.795. The second-order valence-electron chi connectivity index (χ2n) is 4.58. The predicted molar refractivity (Wildman–Crippen MR) is 79.0 cm³/mol. The summed E-state index contributed by atoms with van der Waals surface area (Å²) >= 11 is 9.70. The summed E-state index contributed by atoms with van der Waals surface area (Å²) in [5, 5.41) is 0.777. The standard InChI is InChI=1S/C14H10BBrClN/c15-10-3-9-2-1-8-4-11(17)5-13(16)12(8)6-14(9)18-7-10/h3-5,7H,1-2,6H2. The Bertz CT molecular complexity index is 627. The zero-order valence-corrected chi connectivity index (χ0v) is 12.1. The van der Waals surface area contributed by atoms with E-state index >= 15 is 0 Å². The molecule has 1 aliphatic rings. The van der Waals surface area contributed by atoms with Crippen molar-refractivity contribution in [2.45, 2.75) is 19.3 Å². The number of aryl methyl sites for hydroxylation is 2. The molecular weight excluding hydrogens is 308 g/mol. The maximum atomic E-state index is 6.11. The molecule has 0 saturated carbocycles. The first kappa shape index (κ1) is 12.2. The van der Waals surface area contributed by atoms with Crippen LogP contribution in [0.15, 0.2) is 28.9 Å². The largest absolute Gasteiger partial charge is 0.261 e. The number of hydrogen-bond donors (Lipinski definition) is 0. The van der Waals surface area contributed by atoms with Crippen LogP contribution in [-0.2, 0) is 19.3 Å². The summed E-state index contributed by atoms with van der Waals surface area (Å²) in [5.41, 5.74) is 5.68. The van der Waals surface area contributed by atoms with Crippen LogP contribution in [0.5, 0.6) is 0 Å². The van der Waals surface area contributed by atoms with Crippen molar-refractivity contribution in [3.05, 3.63) is 56.3 Å². The molecule has 0 amide bonds. The zero-order valence-electron chi connectivity index (χ0n) is 9.71. The summed E-state index contributed by atoms with van der Waals surface area (Å²) in [6, 6.07) is 6.03. The zero-order chi connectivity index (χ0) is 12.7. The van der Waals surface area contributed by atoms with Crippen LogP contribution in [0.4, 0.5) is 0 Å². The fraction of sp³-hybridized carbons (Fsp3) is 0.214. The molecule has 0 aliphatic heterocycles. The van der Waals surface area contributed by atoms with Crippen LogP contribution in [0.25, 0.3) is 0 Å². The molecule has 1 aromatic carbocycles. The van der Waals surface area contributed by atoms with Crippen molar-refractivity contribution in [3.63, 3.8) is 0 Å². The highest BCUT2D eigenvalue weighted by molar-refractivity contribution is 9.10. The molecule has 0 spiro atoms. The van der Waals surface area contributed by atoms with Crippen molar-refractivity contribution >= 4 is 40.8 Å². The highest BCUT2D eigenvalue weighted by Gasteiger charge is 2.17. The van der Waals surface area contributed by atoms with Crippen LogP contribution in [-0.4, -0.2) is 12.8 Å². The molecule has 88 valence electrons. The number of rotatable bonds is 0. The number of nitrogens with zero attached hydrogens (tertiary/aromatic N) is 1. The van der Waals surface area contributed by atoms with E-state index in [9.17, 15) is 0 Å². The molecular formula is C14H10BBrClN. The van der Waals surface area contributed by atoms with Crippen LogP contribution in [0, 0.1) is 0 Å².